The van der Waals surface area contributed by atoms with E-state index in [9.17, 15) is 24.6 Å². The second-order valence-electron chi connectivity index (χ2n) is 6.63. The van der Waals surface area contributed by atoms with Crippen molar-refractivity contribution in [1.29, 1.82) is 0 Å². The summed E-state index contributed by atoms with van der Waals surface area (Å²) >= 11 is 0. The third-order valence-corrected chi connectivity index (χ3v) is 6.77. The number of methoxy groups -OCH3 is 1. The second-order valence-corrected chi connectivity index (χ2v) is 8.62. The van der Waals surface area contributed by atoms with Crippen LogP contribution in [0.5, 0.6) is 0 Å². The van der Waals surface area contributed by atoms with Crippen LogP contribution in [0, 0.1) is 10.1 Å². The van der Waals surface area contributed by atoms with E-state index in [1.54, 1.807) is 13.0 Å². The molecule has 0 amide bonds. The van der Waals surface area contributed by atoms with E-state index in [0.29, 0.717) is 5.70 Å². The van der Waals surface area contributed by atoms with Crippen LogP contribution in [0.15, 0.2) is 71.9 Å². The molecule has 0 fully saturated rings. The zero-order valence-electron chi connectivity index (χ0n) is 17.8. The molecule has 0 aromatic heterocycles. The maximum Gasteiger partial charge on any atom is 0.360 e. The number of carbonyl (C=O) groups is 1. The number of aliphatic hydroxyl groups is 1. The molecule has 0 aliphatic carbocycles. The van der Waals surface area contributed by atoms with Gasteiger partial charge in [-0.2, -0.15) is 0 Å². The molecule has 1 aromatic carbocycles. The molecule has 1 aliphatic heterocycles. The van der Waals surface area contributed by atoms with Crippen LogP contribution in [-0.4, -0.2) is 42.9 Å². The topological polar surface area (TPSA) is 137 Å². The number of hydrogen-bond acceptors (Lipinski definition) is 9. The molecular weight excluding hydrogens is 439 g/mol. The van der Waals surface area contributed by atoms with Crippen LogP contribution >= 0.6 is 7.60 Å². The Morgan fingerprint density at radius 2 is 1.94 bits per heavy atom. The van der Waals surface area contributed by atoms with E-state index in [1.807, 2.05) is 0 Å². The van der Waals surface area contributed by atoms with Gasteiger partial charge in [0.15, 0.2) is 0 Å². The van der Waals surface area contributed by atoms with E-state index in [-0.39, 0.29) is 41.0 Å². The number of benzene rings is 1. The first-order valence-electron chi connectivity index (χ1n) is 9.49. The van der Waals surface area contributed by atoms with Gasteiger partial charge < -0.3 is 24.2 Å². The minimum Gasteiger partial charge on any atom is -0.466 e. The molecule has 11 heteroatoms. The van der Waals surface area contributed by atoms with Crippen molar-refractivity contribution in [3.05, 3.63) is 87.5 Å². The molecule has 0 bridgehead atoms. The summed E-state index contributed by atoms with van der Waals surface area (Å²) in [6, 6.07) is 5.53. The highest BCUT2D eigenvalue weighted by atomic mass is 31.2. The van der Waals surface area contributed by atoms with Gasteiger partial charge in [-0.25, -0.2) is 4.79 Å². The second kappa shape index (κ2) is 11.0. The fourth-order valence-electron chi connectivity index (χ4n) is 3.34. The third kappa shape index (κ3) is 5.23. The summed E-state index contributed by atoms with van der Waals surface area (Å²) in [5.74, 6) is -1.94. The van der Waals surface area contributed by atoms with Crippen molar-refractivity contribution in [3.8, 4) is 0 Å². The van der Waals surface area contributed by atoms with Crippen LogP contribution in [0.25, 0.3) is 0 Å². The zero-order chi connectivity index (χ0) is 23.9. The van der Waals surface area contributed by atoms with Gasteiger partial charge in [-0.3, -0.25) is 14.7 Å². The van der Waals surface area contributed by atoms with Crippen molar-refractivity contribution in [2.45, 2.75) is 12.8 Å². The molecule has 1 unspecified atom stereocenters. The van der Waals surface area contributed by atoms with Crippen LogP contribution in [0.3, 0.4) is 0 Å². The lowest BCUT2D eigenvalue weighted by molar-refractivity contribution is -0.384. The van der Waals surface area contributed by atoms with E-state index in [2.05, 4.69) is 18.5 Å². The van der Waals surface area contributed by atoms with Crippen molar-refractivity contribution >= 4 is 19.3 Å². The summed E-state index contributed by atoms with van der Waals surface area (Å²) < 4.78 is 29.9. The Balaban J connectivity index is 2.84. The highest BCUT2D eigenvalue weighted by Gasteiger charge is 2.45. The average molecular weight is 464 g/mol. The van der Waals surface area contributed by atoms with Gasteiger partial charge in [0.25, 0.3) is 5.69 Å². The van der Waals surface area contributed by atoms with Crippen LogP contribution in [0.2, 0.25) is 0 Å². The number of aliphatic hydroxyl groups excluding tert-OH is 1. The van der Waals surface area contributed by atoms with Gasteiger partial charge in [-0.1, -0.05) is 24.3 Å². The summed E-state index contributed by atoms with van der Waals surface area (Å²) in [4.78, 5) is 23.5. The lowest BCUT2D eigenvalue weighted by Crippen LogP contribution is -2.31. The molecule has 10 nitrogen and oxygen atoms in total. The highest BCUT2D eigenvalue weighted by Crippen LogP contribution is 2.64. The number of nitrogens with one attached hydrogen (secondary N) is 1. The van der Waals surface area contributed by atoms with Gasteiger partial charge in [0, 0.05) is 17.8 Å². The molecule has 1 heterocycles. The van der Waals surface area contributed by atoms with Gasteiger partial charge in [0.2, 0.25) is 0 Å². The molecule has 2 rings (SSSR count). The fourth-order valence-corrected chi connectivity index (χ4v) is 5.36. The Hall–Kier alpha value is -3.04. The van der Waals surface area contributed by atoms with Gasteiger partial charge in [0.1, 0.15) is 0 Å². The Labute approximate surface area is 185 Å². The monoisotopic (exact) mass is 464 g/mol. The molecule has 0 radical (unpaired) electrons. The van der Waals surface area contributed by atoms with Gasteiger partial charge in [-0.15, -0.1) is 13.2 Å². The molecule has 1 aliphatic rings. The molecular formula is C21H25N2O8P. The summed E-state index contributed by atoms with van der Waals surface area (Å²) in [5, 5.41) is 24.2. The molecule has 0 spiro atoms. The van der Waals surface area contributed by atoms with E-state index >= 15 is 0 Å². The molecule has 0 saturated carbocycles. The van der Waals surface area contributed by atoms with Crippen molar-refractivity contribution in [3.63, 3.8) is 0 Å². The number of dihydropyridines is 1. The first kappa shape index (κ1) is 25.2. The van der Waals surface area contributed by atoms with E-state index in [1.165, 1.54) is 30.4 Å². The Kier molecular flexibility index (Phi) is 8.68. The zero-order valence-corrected chi connectivity index (χ0v) is 18.7. The SMILES string of the molecule is C=CCOP(=O)(OCC=C)C1=C(C)NC(CO)=C(C(=O)OC)C1c1cccc([N+](=O)[O-])c1. The summed E-state index contributed by atoms with van der Waals surface area (Å²) in [5.41, 5.74) is 0.372. The summed E-state index contributed by atoms with van der Waals surface area (Å²) in [7, 11) is -2.93. The molecule has 0 saturated heterocycles. The molecule has 1 aromatic rings. The maximum absolute atomic E-state index is 13.9. The van der Waals surface area contributed by atoms with E-state index in [4.69, 9.17) is 13.8 Å². The fraction of sp³-hybridized carbons (Fsp3) is 0.286. The van der Waals surface area contributed by atoms with Crippen LogP contribution in [0.1, 0.15) is 18.4 Å². The Morgan fingerprint density at radius 1 is 1.31 bits per heavy atom. The number of nitro benzene ring substituents is 1. The molecule has 1 atom stereocenters. The number of nitrogens with zero attached hydrogens (tertiary/aromatic N) is 1. The predicted molar refractivity (Wildman–Crippen MR) is 118 cm³/mol. The van der Waals surface area contributed by atoms with Crippen molar-refractivity contribution < 1.29 is 33.2 Å². The number of rotatable bonds is 11. The number of non-ortho nitro benzene ring substituents is 1. The number of nitro groups is 1. The number of hydrogen-bond donors (Lipinski definition) is 2. The van der Waals surface area contributed by atoms with Crippen LogP contribution in [0.4, 0.5) is 5.69 Å². The predicted octanol–water partition coefficient (Wildman–Crippen LogP) is 3.53. The quantitative estimate of drug-likeness (QED) is 0.166. The van der Waals surface area contributed by atoms with E-state index in [0.717, 1.165) is 7.11 Å². The molecule has 32 heavy (non-hydrogen) atoms. The number of allylic oxidation sites excluding steroid dienone is 2. The average Bonchev–Trinajstić information content (AvgIpc) is 2.80. The van der Waals surface area contributed by atoms with Crippen molar-refractivity contribution in [2.24, 2.45) is 0 Å². The van der Waals surface area contributed by atoms with E-state index < -0.39 is 31.0 Å². The maximum atomic E-state index is 13.9. The number of esters is 1. The van der Waals surface area contributed by atoms with Gasteiger partial charge in [-0.05, 0) is 12.5 Å². The lowest BCUT2D eigenvalue weighted by Gasteiger charge is -2.34. The summed E-state index contributed by atoms with van der Waals surface area (Å²) in [6.45, 7) is 7.86. The molecule has 2 N–H and O–H groups in total. The third-order valence-electron chi connectivity index (χ3n) is 4.61. The highest BCUT2D eigenvalue weighted by molar-refractivity contribution is 7.58. The number of ether oxygens (including phenoxy) is 1. The minimum absolute atomic E-state index is 0.0549. The van der Waals surface area contributed by atoms with Crippen LogP contribution in [-0.2, 0) is 23.1 Å². The lowest BCUT2D eigenvalue weighted by atomic mass is 9.86. The first-order chi connectivity index (χ1) is 15.2. The Morgan fingerprint density at radius 3 is 2.44 bits per heavy atom. The van der Waals surface area contributed by atoms with Gasteiger partial charge in [0.05, 0.1) is 54.4 Å². The van der Waals surface area contributed by atoms with Crippen LogP contribution < -0.4 is 5.32 Å². The summed E-state index contributed by atoms with van der Waals surface area (Å²) in [6.07, 6.45) is 2.77. The number of carbonyl (C=O) groups excluding carboxylic acids is 1. The normalized spacial score (nSPS) is 16.4. The molecule has 172 valence electrons. The minimum atomic E-state index is -4.09. The Bertz CT molecular complexity index is 1010. The van der Waals surface area contributed by atoms with Crippen molar-refractivity contribution in [2.75, 3.05) is 26.9 Å². The standard InChI is InChI=1S/C21H25N2O8P/c1-5-10-30-32(28,31-11-6-2)20-14(3)22-17(13-24)19(21(25)29-4)18(20)15-8-7-9-16(12-15)23(26)27/h5-9,12,18,22,24H,1-2,10-11,13H2,3-4H3. The first-order valence-corrected chi connectivity index (χ1v) is 11.0. The smallest absolute Gasteiger partial charge is 0.360 e. The van der Waals surface area contributed by atoms with Gasteiger partial charge >= 0.3 is 13.6 Å². The largest absolute Gasteiger partial charge is 0.466 e. The van der Waals surface area contributed by atoms with Crippen molar-refractivity contribution in [1.82, 2.24) is 5.32 Å².